The van der Waals surface area contributed by atoms with Crippen LogP contribution in [0.4, 0.5) is 5.82 Å². The molecule has 94 heavy (non-hydrogen) atoms. The zero-order chi connectivity index (χ0) is 65.5. The van der Waals surface area contributed by atoms with Gasteiger partial charge >= 0.3 is 0 Å². The van der Waals surface area contributed by atoms with Crippen molar-refractivity contribution in [3.05, 3.63) is 290 Å². The molecule has 2 atom stereocenters. The van der Waals surface area contributed by atoms with Crippen molar-refractivity contribution < 1.29 is 9.47 Å². The lowest BCUT2D eigenvalue weighted by Crippen LogP contribution is -2.27. The van der Waals surface area contributed by atoms with Crippen molar-refractivity contribution in [3.8, 4) is 45.5 Å². The number of allylic oxidation sites excluding steroid dienone is 1. The summed E-state index contributed by atoms with van der Waals surface area (Å²) in [4.78, 5) is 46.1. The number of fused-ring (bicyclic) bond motifs is 4. The minimum atomic E-state index is -0.148. The normalized spacial score (nSPS) is 13.8. The van der Waals surface area contributed by atoms with Gasteiger partial charge in [0.25, 0.3) is 0 Å². The van der Waals surface area contributed by atoms with E-state index in [-0.39, 0.29) is 17.5 Å². The van der Waals surface area contributed by atoms with Gasteiger partial charge in [-0.05, 0) is 106 Å². The van der Waals surface area contributed by atoms with Crippen molar-refractivity contribution >= 4 is 101 Å². The van der Waals surface area contributed by atoms with Crippen LogP contribution in [0.5, 0.6) is 11.8 Å². The van der Waals surface area contributed by atoms with Crippen LogP contribution < -0.4 is 26.1 Å². The molecule has 2 aliphatic rings. The van der Waals surface area contributed by atoms with Gasteiger partial charge in [-0.3, -0.25) is 9.79 Å². The van der Waals surface area contributed by atoms with Crippen molar-refractivity contribution in [2.75, 3.05) is 18.4 Å². The van der Waals surface area contributed by atoms with Crippen LogP contribution in [-0.4, -0.2) is 59.4 Å². The van der Waals surface area contributed by atoms with Gasteiger partial charge in [0, 0.05) is 57.6 Å². The van der Waals surface area contributed by atoms with Crippen LogP contribution in [0.2, 0.25) is 10.3 Å². The molecule has 0 radical (unpaired) electrons. The molecule has 470 valence electrons. The van der Waals surface area contributed by atoms with E-state index in [1.807, 2.05) is 171 Å². The van der Waals surface area contributed by atoms with Crippen LogP contribution in [0, 0.1) is 33.6 Å². The van der Waals surface area contributed by atoms with E-state index >= 15 is 0 Å². The fourth-order valence-corrected chi connectivity index (χ4v) is 11.2. The van der Waals surface area contributed by atoms with Crippen LogP contribution in [-0.2, 0) is 13.2 Å². The number of rotatable bonds is 14. The summed E-state index contributed by atoms with van der Waals surface area (Å²) in [7, 11) is 0. The van der Waals surface area contributed by atoms with Crippen LogP contribution in [0.1, 0.15) is 45.4 Å². The molecule has 0 fully saturated rings. The second-order valence-corrected chi connectivity index (χ2v) is 24.1. The number of halogens is 4. The molecule has 4 N–H and O–H groups in total. The van der Waals surface area contributed by atoms with E-state index in [9.17, 15) is 4.79 Å². The second kappa shape index (κ2) is 31.2. The van der Waals surface area contributed by atoms with Crippen molar-refractivity contribution in [2.24, 2.45) is 21.6 Å². The lowest BCUT2D eigenvalue weighted by molar-refractivity contribution is 0.295. The molecule has 17 heteroatoms. The number of hydrogen-bond donors (Lipinski definition) is 3. The molecule has 6 aromatic carbocycles. The average molecular weight is 1320 g/mol. The van der Waals surface area contributed by atoms with Gasteiger partial charge in [-0.25, -0.2) is 29.9 Å². The molecule has 13 nitrogen and oxygen atoms in total. The third-order valence-corrected chi connectivity index (χ3v) is 16.5. The van der Waals surface area contributed by atoms with Crippen molar-refractivity contribution in [3.63, 3.8) is 0 Å². The first-order valence-corrected chi connectivity index (χ1v) is 32.1. The zero-order valence-corrected chi connectivity index (χ0v) is 55.1. The maximum absolute atomic E-state index is 11.4. The van der Waals surface area contributed by atoms with Crippen LogP contribution in [0.25, 0.3) is 72.2 Å². The molecule has 2 unspecified atom stereocenters. The highest BCUT2D eigenvalue weighted by molar-refractivity contribution is 6.69. The van der Waals surface area contributed by atoms with E-state index in [0.717, 1.165) is 102 Å². The highest BCUT2D eigenvalue weighted by Crippen LogP contribution is 2.34. The number of nitrogens with zero attached hydrogens (tertiary/aromatic N) is 7. The Balaban J connectivity index is 0.000000130. The molecular formula is C77H66Cl4N10O3. The second-order valence-electron chi connectivity index (χ2n) is 22.6. The Labute approximate surface area is 565 Å². The molecule has 0 amide bonds. The van der Waals surface area contributed by atoms with Gasteiger partial charge in [-0.15, -0.1) is 0 Å². The molecule has 2 aliphatic heterocycles. The molecule has 0 bridgehead atoms. The summed E-state index contributed by atoms with van der Waals surface area (Å²) in [5.41, 5.74) is 22.2. The Morgan fingerprint density at radius 2 is 0.979 bits per heavy atom. The smallest absolute Gasteiger partial charge is 0.248 e. The highest BCUT2D eigenvalue weighted by Gasteiger charge is 2.28. The van der Waals surface area contributed by atoms with Crippen LogP contribution >= 0.6 is 46.4 Å². The number of anilines is 1. The van der Waals surface area contributed by atoms with E-state index in [4.69, 9.17) is 71.6 Å². The fraction of sp³-hybridized carbons (Fsp3) is 0.143. The first kappa shape index (κ1) is 65.6. The Bertz CT molecular complexity index is 4800. The Morgan fingerprint density at radius 3 is 1.51 bits per heavy atom. The molecule has 6 aromatic heterocycles. The number of aromatic amines is 1. The van der Waals surface area contributed by atoms with E-state index in [0.29, 0.717) is 57.7 Å². The van der Waals surface area contributed by atoms with Crippen molar-refractivity contribution in [1.29, 1.82) is 0 Å². The van der Waals surface area contributed by atoms with Gasteiger partial charge in [0.15, 0.2) is 0 Å². The van der Waals surface area contributed by atoms with Gasteiger partial charge < -0.3 is 25.5 Å². The lowest BCUT2D eigenvalue weighted by Gasteiger charge is -2.25. The molecule has 0 spiro atoms. The molecular weight excluding hydrogens is 1250 g/mol. The van der Waals surface area contributed by atoms with Crippen molar-refractivity contribution in [1.82, 2.24) is 29.9 Å². The molecule has 0 saturated carbocycles. The average Bonchev–Trinajstić information content (AvgIpc) is 0.834. The van der Waals surface area contributed by atoms with Gasteiger partial charge in [0.05, 0.1) is 51.3 Å². The number of nitrogens with one attached hydrogen (secondary N) is 2. The number of dihydropyridines is 1. The number of aliphatic imine (C=N–C) groups is 2. The van der Waals surface area contributed by atoms with E-state index < -0.39 is 0 Å². The quantitative estimate of drug-likeness (QED) is 0.0701. The number of hydrogen-bond acceptors (Lipinski definition) is 12. The molecule has 14 rings (SSSR count). The number of aromatic nitrogens is 6. The number of benzene rings is 6. The number of H-pyrrole nitrogens is 1. The third kappa shape index (κ3) is 17.2. The number of nitrogens with two attached hydrogens (primary N) is 1. The van der Waals surface area contributed by atoms with E-state index in [1.54, 1.807) is 12.1 Å². The first-order valence-electron chi connectivity index (χ1n) is 30.6. The standard InChI is InChI=1S/C25H26N4O.C22H17ClN2O.C15H12Cl2N2.C15H11ClN2O/c1-18-8-10-20(11-9-18)22-16-23-21(25(29-22)27-15-5-14-26)12-13-24(28-23)30-17-19-6-3-2-4-7-19;1-15-7-9-17(10-8-15)19-13-20-18(22(23)25-19)11-12-21(24-20)26-14-16-5-3-2-4-6-16;1-9-2-4-10(5-3-9)12-8-13-11(15(17)19-12)6-7-14(16)18-13;1-9-2-4-10(5-3-9)12-8-13-11(15(16)18-12)6-7-14(19)17-13/h2-4,6-13,16H,5,14-15,17,26H2,1H3,(H,27,29);2-13H,14H2,1H3;2-8,11,13H,1H3;2-8H,1H3,(H,17,19). The van der Waals surface area contributed by atoms with Gasteiger partial charge in [0.1, 0.15) is 39.7 Å². The summed E-state index contributed by atoms with van der Waals surface area (Å²) in [6.45, 7) is 10.6. The number of pyridine rings is 6. The molecule has 0 aliphatic carbocycles. The first-order chi connectivity index (χ1) is 45.7. The maximum Gasteiger partial charge on any atom is 0.248 e. The molecule has 12 aromatic rings. The van der Waals surface area contributed by atoms with Crippen LogP contribution in [0.15, 0.2) is 245 Å². The SMILES string of the molecule is Cc1ccc(-c2cc3[nH]c(=O)ccc3c(Cl)n2)cc1.Cc1ccc(-c2cc3nc(OCc4ccccc4)ccc3c(Cl)n2)cc1.Cc1ccc(-c2cc3nc(OCc4ccccc4)ccc3c(NCCCN)n2)cc1.Cc1ccc(C2=CC3N=C(Cl)C=CC3C(Cl)=N2)cc1. The Morgan fingerprint density at radius 1 is 0.511 bits per heavy atom. The summed E-state index contributed by atoms with van der Waals surface area (Å²) < 4.78 is 11.8. The summed E-state index contributed by atoms with van der Waals surface area (Å²) in [5.74, 6) is 2.00. The predicted octanol–water partition coefficient (Wildman–Crippen LogP) is 18.5. The minimum absolute atomic E-state index is 0.0124. The van der Waals surface area contributed by atoms with Gasteiger partial charge in [-0.1, -0.05) is 232 Å². The lowest BCUT2D eigenvalue weighted by atomic mass is 9.94. The Hall–Kier alpha value is -9.86. The van der Waals surface area contributed by atoms with Crippen LogP contribution in [0.3, 0.4) is 0 Å². The highest BCUT2D eigenvalue weighted by atomic mass is 35.5. The zero-order valence-electron chi connectivity index (χ0n) is 52.1. The fourth-order valence-electron chi connectivity index (χ4n) is 10.2. The summed E-state index contributed by atoms with van der Waals surface area (Å²) in [5, 5.41) is 7.85. The summed E-state index contributed by atoms with van der Waals surface area (Å²) >= 11 is 24.7. The van der Waals surface area contributed by atoms with E-state index in [1.165, 1.54) is 28.3 Å². The summed E-state index contributed by atoms with van der Waals surface area (Å²) in [6, 6.07) is 69.4. The largest absolute Gasteiger partial charge is 0.473 e. The van der Waals surface area contributed by atoms with Crippen molar-refractivity contribution in [2.45, 2.75) is 53.4 Å². The minimum Gasteiger partial charge on any atom is -0.473 e. The Kier molecular flexibility index (Phi) is 21.8. The van der Waals surface area contributed by atoms with Gasteiger partial charge in [0.2, 0.25) is 17.3 Å². The maximum atomic E-state index is 11.4. The predicted molar refractivity (Wildman–Crippen MR) is 388 cm³/mol. The number of aryl methyl sites for hydroxylation is 4. The summed E-state index contributed by atoms with van der Waals surface area (Å²) in [6.07, 6.45) is 6.62. The van der Waals surface area contributed by atoms with Gasteiger partial charge in [-0.2, -0.15) is 0 Å². The monoisotopic (exact) mass is 1320 g/mol. The third-order valence-electron chi connectivity index (χ3n) is 15.4. The molecule has 0 saturated heterocycles. The topological polar surface area (TPSA) is 179 Å². The number of ether oxygens (including phenoxy) is 2. The van der Waals surface area contributed by atoms with E-state index in [2.05, 4.69) is 105 Å². The molecule has 8 heterocycles.